The van der Waals surface area contributed by atoms with Gasteiger partial charge in [-0.05, 0) is 53.2 Å². The lowest BCUT2D eigenvalue weighted by Gasteiger charge is -2.26. The van der Waals surface area contributed by atoms with Crippen molar-refractivity contribution >= 4 is 63.3 Å². The molecule has 0 saturated carbocycles. The maximum absolute atomic E-state index is 13.5. The molecule has 0 radical (unpaired) electrons. The van der Waals surface area contributed by atoms with Crippen LogP contribution in [-0.4, -0.2) is 56.5 Å². The van der Waals surface area contributed by atoms with Crippen molar-refractivity contribution in [1.82, 2.24) is 20.0 Å². The number of alkyl halides is 3. The van der Waals surface area contributed by atoms with E-state index < -0.39 is 11.7 Å². The molecule has 188 valence electrons. The number of aromatic nitrogens is 2. The predicted molar refractivity (Wildman–Crippen MR) is 137 cm³/mol. The second-order valence-corrected chi connectivity index (χ2v) is 11.0. The van der Waals surface area contributed by atoms with Gasteiger partial charge in [0.15, 0.2) is 0 Å². The first-order chi connectivity index (χ1) is 17.2. The van der Waals surface area contributed by atoms with Gasteiger partial charge in [-0.25, -0.2) is 0 Å². The number of benzene rings is 2. The smallest absolute Gasteiger partial charge is 0.311 e. The molecule has 0 aliphatic carbocycles. The Morgan fingerprint density at radius 2 is 2.03 bits per heavy atom. The number of thioether (sulfide) groups is 2. The van der Waals surface area contributed by atoms with Gasteiger partial charge in [-0.1, -0.05) is 23.7 Å². The summed E-state index contributed by atoms with van der Waals surface area (Å²) >= 11 is 8.49. The van der Waals surface area contributed by atoms with Crippen LogP contribution in [0.3, 0.4) is 0 Å². The molecule has 2 saturated heterocycles. The molecule has 1 aromatic heterocycles. The zero-order chi connectivity index (χ0) is 25.4. The first-order valence-corrected chi connectivity index (χ1v) is 13.4. The van der Waals surface area contributed by atoms with Crippen molar-refractivity contribution in [2.45, 2.75) is 18.8 Å². The van der Waals surface area contributed by atoms with Crippen molar-refractivity contribution in [3.63, 3.8) is 0 Å². The third kappa shape index (κ3) is 5.29. The molecule has 2 aromatic carbocycles. The lowest BCUT2D eigenvalue weighted by Crippen LogP contribution is -2.47. The fourth-order valence-electron chi connectivity index (χ4n) is 4.20. The number of nitrogens with one attached hydrogen (secondary N) is 1. The van der Waals surface area contributed by atoms with Crippen LogP contribution in [0.1, 0.15) is 16.7 Å². The Balaban J connectivity index is 1.36. The van der Waals surface area contributed by atoms with E-state index in [9.17, 15) is 22.8 Å². The Bertz CT molecular complexity index is 1370. The Labute approximate surface area is 218 Å². The Morgan fingerprint density at radius 3 is 2.78 bits per heavy atom. The highest BCUT2D eigenvalue weighted by Gasteiger charge is 2.37. The van der Waals surface area contributed by atoms with E-state index in [1.165, 1.54) is 21.7 Å². The van der Waals surface area contributed by atoms with E-state index in [1.807, 2.05) is 0 Å². The molecule has 0 bridgehead atoms. The van der Waals surface area contributed by atoms with Gasteiger partial charge in [0.05, 0.1) is 28.7 Å². The Kier molecular flexibility index (Phi) is 7.08. The Hall–Kier alpha value is -2.47. The van der Waals surface area contributed by atoms with E-state index in [-0.39, 0.29) is 34.3 Å². The number of amides is 2. The summed E-state index contributed by atoms with van der Waals surface area (Å²) in [6.07, 6.45) is -1.31. The minimum absolute atomic E-state index is 0.0133. The van der Waals surface area contributed by atoms with E-state index in [0.29, 0.717) is 27.9 Å². The Morgan fingerprint density at radius 1 is 1.19 bits per heavy atom. The highest BCUT2D eigenvalue weighted by atomic mass is 35.5. The summed E-state index contributed by atoms with van der Waals surface area (Å²) in [5.41, 5.74) is 0.596. The van der Waals surface area contributed by atoms with Crippen molar-refractivity contribution in [3.8, 4) is 0 Å². The van der Waals surface area contributed by atoms with Crippen LogP contribution < -0.4 is 5.32 Å². The summed E-state index contributed by atoms with van der Waals surface area (Å²) in [6, 6.07) is 9.05. The molecule has 3 heterocycles. The number of rotatable bonds is 5. The molecule has 1 unspecified atom stereocenters. The molecule has 2 aliphatic rings. The van der Waals surface area contributed by atoms with Gasteiger partial charge >= 0.3 is 6.18 Å². The molecule has 0 spiro atoms. The SMILES string of the molecule is O=C1SC(=Cc2ccc3c(cnn3Cc3ccc(Cl)cc3C(F)(F)F)c2)C(=O)N1CC1CSCCN1. The number of carbonyl (C=O) groups excluding carboxylic acids is 2. The summed E-state index contributed by atoms with van der Waals surface area (Å²) in [5, 5.41) is 8.02. The van der Waals surface area contributed by atoms with Gasteiger partial charge in [0.25, 0.3) is 11.1 Å². The third-order valence-corrected chi connectivity index (χ3v) is 8.21. The molecule has 2 fully saturated rings. The number of fused-ring (bicyclic) bond motifs is 1. The quantitative estimate of drug-likeness (QED) is 0.422. The minimum atomic E-state index is -4.54. The summed E-state index contributed by atoms with van der Waals surface area (Å²) < 4.78 is 41.9. The molecule has 6 nitrogen and oxygen atoms in total. The van der Waals surface area contributed by atoms with Gasteiger partial charge in [0.1, 0.15) is 0 Å². The largest absolute Gasteiger partial charge is 0.416 e. The molecule has 36 heavy (non-hydrogen) atoms. The number of halogens is 4. The monoisotopic (exact) mass is 552 g/mol. The number of nitrogens with zero attached hydrogens (tertiary/aromatic N) is 3. The van der Waals surface area contributed by atoms with E-state index in [1.54, 1.807) is 42.2 Å². The molecule has 1 N–H and O–H groups in total. The maximum atomic E-state index is 13.5. The van der Waals surface area contributed by atoms with E-state index in [2.05, 4.69) is 10.4 Å². The highest BCUT2D eigenvalue weighted by molar-refractivity contribution is 8.18. The molecule has 1 atom stereocenters. The molecule has 12 heteroatoms. The summed E-state index contributed by atoms with van der Waals surface area (Å²) in [7, 11) is 0. The van der Waals surface area contributed by atoms with Crippen molar-refractivity contribution in [2.24, 2.45) is 0 Å². The third-order valence-electron chi connectivity index (χ3n) is 5.94. The number of imide groups is 1. The number of hydrogen-bond donors (Lipinski definition) is 1. The maximum Gasteiger partial charge on any atom is 0.416 e. The van der Waals surface area contributed by atoms with Crippen LogP contribution in [-0.2, 0) is 17.5 Å². The molecule has 3 aromatic rings. The van der Waals surface area contributed by atoms with Crippen LogP contribution in [0.15, 0.2) is 47.5 Å². The normalized spacial score (nSPS) is 20.2. The number of carbonyl (C=O) groups is 2. The topological polar surface area (TPSA) is 67.2 Å². The van der Waals surface area contributed by atoms with Gasteiger partial charge in [0.2, 0.25) is 0 Å². The van der Waals surface area contributed by atoms with E-state index >= 15 is 0 Å². The van der Waals surface area contributed by atoms with Crippen LogP contribution in [0.2, 0.25) is 5.02 Å². The van der Waals surface area contributed by atoms with Gasteiger partial charge in [-0.15, -0.1) is 0 Å². The fraction of sp³-hybridized carbons (Fsp3) is 0.292. The predicted octanol–water partition coefficient (Wildman–Crippen LogP) is 5.50. The van der Waals surface area contributed by atoms with Crippen molar-refractivity contribution in [2.75, 3.05) is 24.6 Å². The summed E-state index contributed by atoms with van der Waals surface area (Å²) in [5.74, 6) is 1.54. The van der Waals surface area contributed by atoms with Crippen LogP contribution in [0.5, 0.6) is 0 Å². The lowest BCUT2D eigenvalue weighted by atomic mass is 10.1. The molecule has 2 aliphatic heterocycles. The highest BCUT2D eigenvalue weighted by Crippen LogP contribution is 2.35. The molecular weight excluding hydrogens is 533 g/mol. The number of hydrogen-bond acceptors (Lipinski definition) is 6. The zero-order valence-corrected chi connectivity index (χ0v) is 21.1. The zero-order valence-electron chi connectivity index (χ0n) is 18.7. The standard InChI is InChI=1S/C24H20ClF3N4O2S2/c25-17-3-2-15(19(9-17)24(26,27)28)11-32-20-4-1-14(7-16(20)10-30-32)8-21-22(33)31(23(34)36-21)12-18-13-35-6-5-29-18/h1-4,7-10,18,29H,5-6,11-13H2. The average Bonchev–Trinajstić information content (AvgIpc) is 3.35. The summed E-state index contributed by atoms with van der Waals surface area (Å²) in [4.78, 5) is 26.9. The van der Waals surface area contributed by atoms with Gasteiger partial charge in [-0.2, -0.15) is 30.0 Å². The van der Waals surface area contributed by atoms with Gasteiger partial charge < -0.3 is 5.32 Å². The van der Waals surface area contributed by atoms with E-state index in [4.69, 9.17) is 11.6 Å². The molecule has 2 amide bonds. The lowest BCUT2D eigenvalue weighted by molar-refractivity contribution is -0.138. The van der Waals surface area contributed by atoms with Gasteiger partial charge in [0, 0.05) is 41.0 Å². The minimum Gasteiger partial charge on any atom is -0.311 e. The van der Waals surface area contributed by atoms with Crippen molar-refractivity contribution < 1.29 is 22.8 Å². The first kappa shape index (κ1) is 25.2. The van der Waals surface area contributed by atoms with Crippen LogP contribution >= 0.6 is 35.1 Å². The van der Waals surface area contributed by atoms with Gasteiger partial charge in [-0.3, -0.25) is 19.2 Å². The fourth-order valence-corrected chi connectivity index (χ4v) is 6.16. The molecular formula is C24H20ClF3N4O2S2. The second-order valence-electron chi connectivity index (χ2n) is 8.44. The van der Waals surface area contributed by atoms with E-state index in [0.717, 1.165) is 35.9 Å². The molecule has 5 rings (SSSR count). The van der Waals surface area contributed by atoms with Crippen LogP contribution in [0.4, 0.5) is 18.0 Å². The van der Waals surface area contributed by atoms with Crippen LogP contribution in [0.25, 0.3) is 17.0 Å². The van der Waals surface area contributed by atoms with Crippen LogP contribution in [0, 0.1) is 0 Å². The van der Waals surface area contributed by atoms with Crippen molar-refractivity contribution in [1.29, 1.82) is 0 Å². The second kappa shape index (κ2) is 10.1. The average molecular weight is 553 g/mol. The first-order valence-electron chi connectivity index (χ1n) is 11.1. The van der Waals surface area contributed by atoms with Crippen molar-refractivity contribution in [3.05, 3.63) is 69.2 Å². The summed E-state index contributed by atoms with van der Waals surface area (Å²) in [6.45, 7) is 1.11.